The van der Waals surface area contributed by atoms with Gasteiger partial charge in [0.15, 0.2) is 11.6 Å². The highest BCUT2D eigenvalue weighted by Crippen LogP contribution is 2.32. The lowest BCUT2D eigenvalue weighted by atomic mass is 10.0. The lowest BCUT2D eigenvalue weighted by molar-refractivity contribution is 0.486. The molecule has 0 radical (unpaired) electrons. The summed E-state index contributed by atoms with van der Waals surface area (Å²) in [6, 6.07) is 13.5. The van der Waals surface area contributed by atoms with Crippen LogP contribution in [0.4, 0.5) is 5.69 Å². The Balaban J connectivity index is 1.38. The molecule has 2 saturated heterocycles. The summed E-state index contributed by atoms with van der Waals surface area (Å²) in [6.07, 6.45) is 3.62. The van der Waals surface area contributed by atoms with Crippen molar-refractivity contribution < 1.29 is 12.6 Å². The number of aryl methyl sites for hydroxylation is 1. The number of fused-ring (bicyclic) bond motifs is 1. The Morgan fingerprint density at radius 1 is 0.968 bits per heavy atom. The van der Waals surface area contributed by atoms with E-state index in [2.05, 4.69) is 20.2 Å². The summed E-state index contributed by atoms with van der Waals surface area (Å²) >= 11 is 0. The van der Waals surface area contributed by atoms with Gasteiger partial charge in [-0.25, -0.2) is 9.97 Å². The predicted octanol–water partition coefficient (Wildman–Crippen LogP) is 2.88. The molecule has 5 rings (SSSR count). The first-order valence-corrected chi connectivity index (χ1v) is 11.8. The number of benzene rings is 2. The van der Waals surface area contributed by atoms with Gasteiger partial charge in [-0.05, 0) is 43.0 Å². The predicted molar refractivity (Wildman–Crippen MR) is 119 cm³/mol. The van der Waals surface area contributed by atoms with Gasteiger partial charge in [0, 0.05) is 26.2 Å². The second kappa shape index (κ2) is 7.94. The van der Waals surface area contributed by atoms with Crippen LogP contribution in [0.15, 0.2) is 65.8 Å². The van der Waals surface area contributed by atoms with Gasteiger partial charge < -0.3 is 14.4 Å². The molecule has 3 heterocycles. The van der Waals surface area contributed by atoms with Crippen LogP contribution >= 0.6 is 0 Å². The van der Waals surface area contributed by atoms with Crippen molar-refractivity contribution in [2.24, 2.45) is 11.8 Å². The molecule has 0 saturated carbocycles. The van der Waals surface area contributed by atoms with Gasteiger partial charge in [0.1, 0.15) is 4.90 Å². The zero-order valence-corrected chi connectivity index (χ0v) is 18.0. The van der Waals surface area contributed by atoms with Crippen LogP contribution in [-0.2, 0) is 10.1 Å². The molecular formula is C23H24N4O3S. The second-order valence-electron chi connectivity index (χ2n) is 8.19. The number of rotatable bonds is 5. The Morgan fingerprint density at radius 3 is 2.29 bits per heavy atom. The monoisotopic (exact) mass is 436 g/mol. The third kappa shape index (κ3) is 4.00. The highest BCUT2D eigenvalue weighted by atomic mass is 32.2. The largest absolute Gasteiger partial charge is 0.378 e. The van der Waals surface area contributed by atoms with Crippen molar-refractivity contribution in [2.75, 3.05) is 31.1 Å². The summed E-state index contributed by atoms with van der Waals surface area (Å²) in [5, 5.41) is 3.45. The Hall–Kier alpha value is -2.97. The van der Waals surface area contributed by atoms with E-state index in [0.29, 0.717) is 23.2 Å². The first-order chi connectivity index (χ1) is 15.0. The van der Waals surface area contributed by atoms with Crippen LogP contribution in [0.2, 0.25) is 0 Å². The van der Waals surface area contributed by atoms with Crippen molar-refractivity contribution in [3.8, 4) is 17.1 Å². The van der Waals surface area contributed by atoms with E-state index in [-0.39, 0.29) is 10.6 Å². The normalized spacial score (nSPS) is 20.6. The molecule has 2 aromatic carbocycles. The molecule has 0 bridgehead atoms. The maximum atomic E-state index is 12.7. The van der Waals surface area contributed by atoms with E-state index in [4.69, 9.17) is 4.18 Å². The van der Waals surface area contributed by atoms with Gasteiger partial charge in [0.25, 0.3) is 0 Å². The molecule has 2 fully saturated rings. The summed E-state index contributed by atoms with van der Waals surface area (Å²) in [6.45, 7) is 6.06. The molecule has 0 aliphatic carbocycles. The fraction of sp³-hybridized carbons (Fsp3) is 0.304. The fourth-order valence-corrected chi connectivity index (χ4v) is 5.23. The summed E-state index contributed by atoms with van der Waals surface area (Å²) in [4.78, 5) is 11.5. The van der Waals surface area contributed by atoms with Crippen molar-refractivity contribution in [3.63, 3.8) is 0 Å². The van der Waals surface area contributed by atoms with E-state index in [9.17, 15) is 8.42 Å². The van der Waals surface area contributed by atoms with Gasteiger partial charge in [-0.2, -0.15) is 8.42 Å². The first kappa shape index (κ1) is 20.0. The van der Waals surface area contributed by atoms with E-state index in [1.165, 1.54) is 0 Å². The fourth-order valence-electron chi connectivity index (χ4n) is 4.29. The highest BCUT2D eigenvalue weighted by molar-refractivity contribution is 7.87. The van der Waals surface area contributed by atoms with Crippen LogP contribution < -0.4 is 14.4 Å². The van der Waals surface area contributed by atoms with Crippen molar-refractivity contribution >= 4 is 15.8 Å². The standard InChI is InChI=1S/C23H24N4O3S/c1-16-6-8-20(9-7-16)31(28,29)30-22-5-3-2-4-21(22)23-25-12-19(13-26-23)27-14-17-10-24-11-18(17)15-27/h2-9,12-13,17-18,24H,10-11,14-15H2,1H3. The van der Waals surface area contributed by atoms with E-state index < -0.39 is 10.1 Å². The van der Waals surface area contributed by atoms with Crippen LogP contribution in [0.1, 0.15) is 5.56 Å². The lowest BCUT2D eigenvalue weighted by Crippen LogP contribution is -2.25. The van der Waals surface area contributed by atoms with Crippen LogP contribution in [0.5, 0.6) is 5.75 Å². The molecule has 3 aromatic rings. The molecule has 31 heavy (non-hydrogen) atoms. The minimum atomic E-state index is -3.96. The van der Waals surface area contributed by atoms with Gasteiger partial charge in [0.2, 0.25) is 0 Å². The Kier molecular flexibility index (Phi) is 5.11. The average molecular weight is 437 g/mol. The average Bonchev–Trinajstić information content (AvgIpc) is 3.37. The molecule has 0 amide bonds. The lowest BCUT2D eigenvalue weighted by Gasteiger charge is -2.19. The number of para-hydroxylation sites is 1. The second-order valence-corrected chi connectivity index (χ2v) is 9.74. The molecule has 2 aliphatic heterocycles. The van der Waals surface area contributed by atoms with E-state index >= 15 is 0 Å². The molecular weight excluding hydrogens is 412 g/mol. The SMILES string of the molecule is Cc1ccc(S(=O)(=O)Oc2ccccc2-c2ncc(N3CC4CNCC4C3)cn2)cc1. The van der Waals surface area contributed by atoms with Crippen molar-refractivity contribution in [1.82, 2.24) is 15.3 Å². The van der Waals surface area contributed by atoms with E-state index in [1.807, 2.05) is 25.4 Å². The number of nitrogens with one attached hydrogen (secondary N) is 1. The maximum Gasteiger partial charge on any atom is 0.339 e. The molecule has 8 heteroatoms. The van der Waals surface area contributed by atoms with Crippen molar-refractivity contribution in [2.45, 2.75) is 11.8 Å². The van der Waals surface area contributed by atoms with E-state index in [0.717, 1.165) is 37.4 Å². The summed E-state index contributed by atoms with van der Waals surface area (Å²) < 4.78 is 31.0. The molecule has 2 unspecified atom stereocenters. The number of hydrogen-bond donors (Lipinski definition) is 1. The number of nitrogens with zero attached hydrogens (tertiary/aromatic N) is 3. The molecule has 2 aliphatic rings. The van der Waals surface area contributed by atoms with Gasteiger partial charge in [-0.3, -0.25) is 0 Å². The van der Waals surface area contributed by atoms with Gasteiger partial charge in [-0.15, -0.1) is 0 Å². The summed E-state index contributed by atoms with van der Waals surface area (Å²) in [7, 11) is -3.96. The summed E-state index contributed by atoms with van der Waals surface area (Å²) in [5.41, 5.74) is 2.50. The molecule has 0 spiro atoms. The molecule has 1 N–H and O–H groups in total. The van der Waals surface area contributed by atoms with Gasteiger partial charge in [-0.1, -0.05) is 29.8 Å². The van der Waals surface area contributed by atoms with Gasteiger partial charge >= 0.3 is 10.1 Å². The first-order valence-electron chi connectivity index (χ1n) is 10.4. The van der Waals surface area contributed by atoms with Crippen LogP contribution in [0.25, 0.3) is 11.4 Å². The van der Waals surface area contributed by atoms with Crippen molar-refractivity contribution in [3.05, 3.63) is 66.5 Å². The molecule has 7 nitrogen and oxygen atoms in total. The molecule has 160 valence electrons. The van der Waals surface area contributed by atoms with E-state index in [1.54, 1.807) is 42.5 Å². The Bertz CT molecular complexity index is 1170. The number of anilines is 1. The minimum Gasteiger partial charge on any atom is -0.378 e. The maximum absolute atomic E-state index is 12.7. The van der Waals surface area contributed by atoms with Gasteiger partial charge in [0.05, 0.1) is 23.6 Å². The minimum absolute atomic E-state index is 0.109. The Labute approximate surface area is 182 Å². The molecule has 2 atom stereocenters. The number of aromatic nitrogens is 2. The topological polar surface area (TPSA) is 84.4 Å². The van der Waals surface area contributed by atoms with Crippen LogP contribution in [-0.4, -0.2) is 44.6 Å². The zero-order valence-electron chi connectivity index (χ0n) is 17.2. The zero-order chi connectivity index (χ0) is 21.4. The smallest absolute Gasteiger partial charge is 0.339 e. The number of hydrogen-bond acceptors (Lipinski definition) is 7. The third-order valence-corrected chi connectivity index (χ3v) is 7.28. The van der Waals surface area contributed by atoms with Crippen LogP contribution in [0.3, 0.4) is 0 Å². The summed E-state index contributed by atoms with van der Waals surface area (Å²) in [5.74, 6) is 2.00. The van der Waals surface area contributed by atoms with Crippen molar-refractivity contribution in [1.29, 1.82) is 0 Å². The van der Waals surface area contributed by atoms with Crippen LogP contribution in [0, 0.1) is 18.8 Å². The Morgan fingerprint density at radius 2 is 1.61 bits per heavy atom. The highest BCUT2D eigenvalue weighted by Gasteiger charge is 2.36. The quantitative estimate of drug-likeness (QED) is 0.616. The molecule has 1 aromatic heterocycles. The third-order valence-electron chi connectivity index (χ3n) is 6.03.